The molecule has 4 nitrogen and oxygen atoms in total. The standard InChI is InChI=1S/C12H22N4/c1-5-11-6-12(16-10(3)15-11)14-8-9(2)7-13-4/h6,9,13H,5,7-8H2,1-4H3,(H,14,15,16). The van der Waals surface area contributed by atoms with Crippen LogP contribution < -0.4 is 10.6 Å². The van der Waals surface area contributed by atoms with E-state index in [0.717, 1.165) is 36.8 Å². The van der Waals surface area contributed by atoms with Gasteiger partial charge in [0.1, 0.15) is 11.6 Å². The van der Waals surface area contributed by atoms with Crippen molar-refractivity contribution >= 4 is 5.82 Å². The Balaban J connectivity index is 2.56. The number of nitrogens with zero attached hydrogens (tertiary/aromatic N) is 2. The van der Waals surface area contributed by atoms with Crippen molar-refractivity contribution in [3.05, 3.63) is 17.6 Å². The number of nitrogens with one attached hydrogen (secondary N) is 2. The third-order valence-electron chi connectivity index (χ3n) is 2.44. The Labute approximate surface area is 97.9 Å². The van der Waals surface area contributed by atoms with E-state index in [1.54, 1.807) is 0 Å². The van der Waals surface area contributed by atoms with E-state index >= 15 is 0 Å². The molecule has 1 heterocycles. The second kappa shape index (κ2) is 6.43. The fraction of sp³-hybridized carbons (Fsp3) is 0.667. The molecule has 1 rings (SSSR count). The maximum absolute atomic E-state index is 4.37. The number of aryl methyl sites for hydroxylation is 2. The highest BCUT2D eigenvalue weighted by atomic mass is 15.0. The van der Waals surface area contributed by atoms with Crippen LogP contribution in [0, 0.1) is 12.8 Å². The first kappa shape index (κ1) is 12.9. The molecule has 0 aliphatic heterocycles. The molecular formula is C12H22N4. The average Bonchev–Trinajstić information content (AvgIpc) is 2.26. The first-order chi connectivity index (χ1) is 7.65. The minimum Gasteiger partial charge on any atom is -0.370 e. The molecule has 16 heavy (non-hydrogen) atoms. The Kier molecular flexibility index (Phi) is 5.19. The summed E-state index contributed by atoms with van der Waals surface area (Å²) in [7, 11) is 1.97. The van der Waals surface area contributed by atoms with Crippen LogP contribution in [0.25, 0.3) is 0 Å². The second-order valence-electron chi connectivity index (χ2n) is 4.19. The molecule has 0 aromatic carbocycles. The van der Waals surface area contributed by atoms with Crippen LogP contribution in [-0.2, 0) is 6.42 Å². The summed E-state index contributed by atoms with van der Waals surface area (Å²) in [4.78, 5) is 8.72. The van der Waals surface area contributed by atoms with Gasteiger partial charge in [-0.05, 0) is 32.9 Å². The summed E-state index contributed by atoms with van der Waals surface area (Å²) >= 11 is 0. The van der Waals surface area contributed by atoms with Crippen molar-refractivity contribution < 1.29 is 0 Å². The molecule has 4 heteroatoms. The molecule has 0 saturated carbocycles. The minimum absolute atomic E-state index is 0.588. The van der Waals surface area contributed by atoms with Gasteiger partial charge in [-0.15, -0.1) is 0 Å². The van der Waals surface area contributed by atoms with E-state index in [4.69, 9.17) is 0 Å². The zero-order valence-corrected chi connectivity index (χ0v) is 10.7. The Bertz CT molecular complexity index is 325. The van der Waals surface area contributed by atoms with Crippen LogP contribution in [0.2, 0.25) is 0 Å². The van der Waals surface area contributed by atoms with Crippen LogP contribution in [0.1, 0.15) is 25.4 Å². The number of hydrogen-bond acceptors (Lipinski definition) is 4. The molecule has 0 spiro atoms. The Morgan fingerprint density at radius 1 is 1.31 bits per heavy atom. The third-order valence-corrected chi connectivity index (χ3v) is 2.44. The molecule has 2 N–H and O–H groups in total. The smallest absolute Gasteiger partial charge is 0.129 e. The maximum Gasteiger partial charge on any atom is 0.129 e. The molecule has 0 aliphatic carbocycles. The van der Waals surface area contributed by atoms with Gasteiger partial charge < -0.3 is 10.6 Å². The van der Waals surface area contributed by atoms with Crippen LogP contribution >= 0.6 is 0 Å². The SMILES string of the molecule is CCc1cc(NCC(C)CNC)nc(C)n1. The molecule has 0 aliphatic rings. The van der Waals surface area contributed by atoms with Crippen LogP contribution in [0.5, 0.6) is 0 Å². The van der Waals surface area contributed by atoms with Crippen LogP contribution in [-0.4, -0.2) is 30.1 Å². The monoisotopic (exact) mass is 222 g/mol. The summed E-state index contributed by atoms with van der Waals surface area (Å²) < 4.78 is 0. The molecule has 0 radical (unpaired) electrons. The van der Waals surface area contributed by atoms with Crippen molar-refractivity contribution in [2.45, 2.75) is 27.2 Å². The second-order valence-corrected chi connectivity index (χ2v) is 4.19. The molecule has 0 fully saturated rings. The van der Waals surface area contributed by atoms with E-state index in [1.807, 2.05) is 20.0 Å². The van der Waals surface area contributed by atoms with Gasteiger partial charge in [0.2, 0.25) is 0 Å². The third kappa shape index (κ3) is 4.14. The van der Waals surface area contributed by atoms with Crippen LogP contribution in [0.15, 0.2) is 6.07 Å². The maximum atomic E-state index is 4.37. The largest absolute Gasteiger partial charge is 0.370 e. The molecular weight excluding hydrogens is 200 g/mol. The molecule has 1 unspecified atom stereocenters. The van der Waals surface area contributed by atoms with E-state index in [-0.39, 0.29) is 0 Å². The minimum atomic E-state index is 0.588. The van der Waals surface area contributed by atoms with Crippen molar-refractivity contribution in [2.24, 2.45) is 5.92 Å². The van der Waals surface area contributed by atoms with Gasteiger partial charge >= 0.3 is 0 Å². The normalized spacial score (nSPS) is 12.5. The molecule has 1 atom stereocenters. The lowest BCUT2D eigenvalue weighted by Gasteiger charge is -2.13. The van der Waals surface area contributed by atoms with E-state index in [1.165, 1.54) is 0 Å². The van der Waals surface area contributed by atoms with Gasteiger partial charge in [0.15, 0.2) is 0 Å². The summed E-state index contributed by atoms with van der Waals surface area (Å²) in [6.07, 6.45) is 0.949. The van der Waals surface area contributed by atoms with Crippen molar-refractivity contribution in [2.75, 3.05) is 25.5 Å². The van der Waals surface area contributed by atoms with Gasteiger partial charge in [-0.25, -0.2) is 9.97 Å². The average molecular weight is 222 g/mol. The number of hydrogen-bond donors (Lipinski definition) is 2. The van der Waals surface area contributed by atoms with Gasteiger partial charge in [-0.2, -0.15) is 0 Å². The summed E-state index contributed by atoms with van der Waals surface area (Å²) in [5.74, 6) is 2.36. The lowest BCUT2D eigenvalue weighted by molar-refractivity contribution is 0.568. The zero-order valence-electron chi connectivity index (χ0n) is 10.7. The number of anilines is 1. The van der Waals surface area contributed by atoms with E-state index < -0.39 is 0 Å². The lowest BCUT2D eigenvalue weighted by atomic mass is 10.2. The van der Waals surface area contributed by atoms with E-state index in [2.05, 4.69) is 34.4 Å². The molecule has 1 aromatic heterocycles. The molecule has 90 valence electrons. The van der Waals surface area contributed by atoms with Crippen molar-refractivity contribution in [1.29, 1.82) is 0 Å². The molecule has 1 aromatic rings. The first-order valence-corrected chi connectivity index (χ1v) is 5.88. The summed E-state index contributed by atoms with van der Waals surface area (Å²) in [5, 5.41) is 6.52. The lowest BCUT2D eigenvalue weighted by Crippen LogP contribution is -2.23. The number of rotatable bonds is 6. The molecule has 0 saturated heterocycles. The van der Waals surface area contributed by atoms with Crippen molar-refractivity contribution in [3.63, 3.8) is 0 Å². The Morgan fingerprint density at radius 3 is 2.69 bits per heavy atom. The van der Waals surface area contributed by atoms with Gasteiger partial charge in [0.25, 0.3) is 0 Å². The van der Waals surface area contributed by atoms with E-state index in [0.29, 0.717) is 5.92 Å². The highest BCUT2D eigenvalue weighted by molar-refractivity contribution is 5.36. The topological polar surface area (TPSA) is 49.8 Å². The first-order valence-electron chi connectivity index (χ1n) is 5.88. The fourth-order valence-corrected chi connectivity index (χ4v) is 1.60. The predicted molar refractivity (Wildman–Crippen MR) is 67.7 cm³/mol. The van der Waals surface area contributed by atoms with Gasteiger partial charge in [-0.3, -0.25) is 0 Å². The van der Waals surface area contributed by atoms with Crippen LogP contribution in [0.4, 0.5) is 5.82 Å². The van der Waals surface area contributed by atoms with Crippen molar-refractivity contribution in [3.8, 4) is 0 Å². The summed E-state index contributed by atoms with van der Waals surface area (Å²) in [6, 6.07) is 2.03. The van der Waals surface area contributed by atoms with Crippen molar-refractivity contribution in [1.82, 2.24) is 15.3 Å². The van der Waals surface area contributed by atoms with Gasteiger partial charge in [0.05, 0.1) is 0 Å². The quantitative estimate of drug-likeness (QED) is 0.768. The molecule has 0 bridgehead atoms. The summed E-state index contributed by atoms with van der Waals surface area (Å²) in [5.41, 5.74) is 1.09. The Morgan fingerprint density at radius 2 is 2.06 bits per heavy atom. The van der Waals surface area contributed by atoms with Gasteiger partial charge in [-0.1, -0.05) is 13.8 Å². The Hall–Kier alpha value is -1.16. The molecule has 0 amide bonds. The predicted octanol–water partition coefficient (Wildman–Crippen LogP) is 1.61. The highest BCUT2D eigenvalue weighted by Gasteiger charge is 2.03. The van der Waals surface area contributed by atoms with E-state index in [9.17, 15) is 0 Å². The van der Waals surface area contributed by atoms with Crippen LogP contribution in [0.3, 0.4) is 0 Å². The van der Waals surface area contributed by atoms with Gasteiger partial charge in [0, 0.05) is 18.3 Å². The fourth-order valence-electron chi connectivity index (χ4n) is 1.60. The summed E-state index contributed by atoms with van der Waals surface area (Å²) in [6.45, 7) is 8.19. The zero-order chi connectivity index (χ0) is 12.0. The highest BCUT2D eigenvalue weighted by Crippen LogP contribution is 2.07. The number of aromatic nitrogens is 2.